The van der Waals surface area contributed by atoms with E-state index in [2.05, 4.69) is 17.1 Å². The monoisotopic (exact) mass is 250 g/mol. The fraction of sp³-hybridized carbons (Fsp3) is 0.0667. The van der Waals surface area contributed by atoms with E-state index in [-0.39, 0.29) is 0 Å². The minimum absolute atomic E-state index is 0.458. The van der Waals surface area contributed by atoms with Crippen LogP contribution in [0.5, 0.6) is 0 Å². The van der Waals surface area contributed by atoms with Crippen LogP contribution < -0.4 is 0 Å². The molecule has 86 valence electrons. The Balaban J connectivity index is 2.01. The molecule has 1 heterocycles. The lowest BCUT2D eigenvalue weighted by Gasteiger charge is -1.97. The number of fused-ring (bicyclic) bond motifs is 1. The van der Waals surface area contributed by atoms with Crippen LogP contribution >= 0.6 is 11.3 Å². The first-order valence-electron chi connectivity index (χ1n) is 5.68. The van der Waals surface area contributed by atoms with Gasteiger partial charge in [0.2, 0.25) is 0 Å². The van der Waals surface area contributed by atoms with Gasteiger partial charge in [0.05, 0.1) is 22.7 Å². The first-order chi connectivity index (χ1) is 8.86. The molecule has 0 aliphatic heterocycles. The van der Waals surface area contributed by atoms with Crippen LogP contribution in [0.15, 0.2) is 48.5 Å². The van der Waals surface area contributed by atoms with E-state index >= 15 is 0 Å². The highest BCUT2D eigenvalue weighted by atomic mass is 32.1. The van der Waals surface area contributed by atoms with E-state index in [4.69, 9.17) is 5.26 Å². The van der Waals surface area contributed by atoms with Crippen LogP contribution in [-0.4, -0.2) is 4.98 Å². The Morgan fingerprint density at radius 1 is 1.06 bits per heavy atom. The molecular weight excluding hydrogens is 240 g/mol. The van der Waals surface area contributed by atoms with Crippen molar-refractivity contribution in [2.75, 3.05) is 0 Å². The van der Waals surface area contributed by atoms with Crippen LogP contribution in [-0.2, 0) is 6.42 Å². The Labute approximate surface area is 109 Å². The molecule has 0 amide bonds. The average Bonchev–Trinajstić information content (AvgIpc) is 2.84. The van der Waals surface area contributed by atoms with E-state index in [1.54, 1.807) is 11.3 Å². The van der Waals surface area contributed by atoms with E-state index in [9.17, 15) is 0 Å². The van der Waals surface area contributed by atoms with Crippen molar-refractivity contribution in [1.29, 1.82) is 5.26 Å². The molecule has 3 heteroatoms. The second kappa shape index (κ2) is 4.59. The molecule has 1 aromatic heterocycles. The molecule has 0 atom stereocenters. The van der Waals surface area contributed by atoms with E-state index in [1.807, 2.05) is 42.5 Å². The van der Waals surface area contributed by atoms with Gasteiger partial charge in [-0.2, -0.15) is 5.26 Å². The Bertz CT molecular complexity index is 687. The number of nitriles is 1. The fourth-order valence-corrected chi connectivity index (χ4v) is 2.82. The summed E-state index contributed by atoms with van der Waals surface area (Å²) >= 11 is 1.69. The second-order valence-electron chi connectivity index (χ2n) is 4.02. The van der Waals surface area contributed by atoms with Crippen molar-refractivity contribution >= 4 is 21.6 Å². The maximum Gasteiger partial charge on any atom is 0.124 e. The van der Waals surface area contributed by atoms with Crippen molar-refractivity contribution in [2.45, 2.75) is 6.42 Å². The molecule has 3 aromatic rings. The van der Waals surface area contributed by atoms with E-state index in [0.717, 1.165) is 21.7 Å². The van der Waals surface area contributed by atoms with Gasteiger partial charge in [-0.25, -0.2) is 4.98 Å². The average molecular weight is 250 g/mol. The normalized spacial score (nSPS) is 10.4. The van der Waals surface area contributed by atoms with Crippen molar-refractivity contribution in [1.82, 2.24) is 4.98 Å². The molecule has 0 radical (unpaired) electrons. The van der Waals surface area contributed by atoms with Crippen LogP contribution in [0.3, 0.4) is 0 Å². The second-order valence-corrected chi connectivity index (χ2v) is 5.05. The highest BCUT2D eigenvalue weighted by Gasteiger charge is 2.05. The van der Waals surface area contributed by atoms with Gasteiger partial charge in [-0.1, -0.05) is 36.4 Å². The predicted molar refractivity (Wildman–Crippen MR) is 74.4 cm³/mol. The summed E-state index contributed by atoms with van der Waals surface area (Å²) < 4.78 is 1.20. The van der Waals surface area contributed by atoms with Gasteiger partial charge in [0.15, 0.2) is 0 Å². The standard InChI is InChI=1S/C15H10N2S/c16-10-9-11-5-7-12(8-6-11)15-17-13-3-1-2-4-14(13)18-15/h1-8H,9H2. The third-order valence-electron chi connectivity index (χ3n) is 2.78. The van der Waals surface area contributed by atoms with Crippen molar-refractivity contribution in [2.24, 2.45) is 0 Å². The van der Waals surface area contributed by atoms with Gasteiger partial charge in [-0.05, 0) is 17.7 Å². The summed E-state index contributed by atoms with van der Waals surface area (Å²) in [4.78, 5) is 4.61. The van der Waals surface area contributed by atoms with Crippen LogP contribution in [0, 0.1) is 11.3 Å². The third kappa shape index (κ3) is 1.99. The molecule has 18 heavy (non-hydrogen) atoms. The number of hydrogen-bond acceptors (Lipinski definition) is 3. The van der Waals surface area contributed by atoms with Crippen molar-refractivity contribution in [3.63, 3.8) is 0 Å². The van der Waals surface area contributed by atoms with Crippen LogP contribution in [0.4, 0.5) is 0 Å². The minimum Gasteiger partial charge on any atom is -0.236 e. The summed E-state index contributed by atoms with van der Waals surface area (Å²) in [6.07, 6.45) is 0.458. The number of para-hydroxylation sites is 1. The summed E-state index contributed by atoms with van der Waals surface area (Å²) in [5.41, 5.74) is 3.19. The highest BCUT2D eigenvalue weighted by Crippen LogP contribution is 2.29. The number of hydrogen-bond donors (Lipinski definition) is 0. The predicted octanol–water partition coefficient (Wildman–Crippen LogP) is 4.03. The van der Waals surface area contributed by atoms with Crippen molar-refractivity contribution in [3.05, 3.63) is 54.1 Å². The zero-order valence-corrected chi connectivity index (χ0v) is 10.4. The van der Waals surface area contributed by atoms with Gasteiger partial charge < -0.3 is 0 Å². The van der Waals surface area contributed by atoms with Crippen LogP contribution in [0.2, 0.25) is 0 Å². The summed E-state index contributed by atoms with van der Waals surface area (Å²) in [5, 5.41) is 9.67. The van der Waals surface area contributed by atoms with Crippen LogP contribution in [0.1, 0.15) is 5.56 Å². The molecule has 3 rings (SSSR count). The Hall–Kier alpha value is -2.18. The quantitative estimate of drug-likeness (QED) is 0.688. The molecular formula is C15H10N2S. The van der Waals surface area contributed by atoms with Crippen molar-refractivity contribution < 1.29 is 0 Å². The SMILES string of the molecule is N#CCc1ccc(-c2nc3ccccc3s2)cc1. The van der Waals surface area contributed by atoms with Crippen LogP contribution in [0.25, 0.3) is 20.8 Å². The number of rotatable bonds is 2. The smallest absolute Gasteiger partial charge is 0.124 e. The highest BCUT2D eigenvalue weighted by molar-refractivity contribution is 7.21. The topological polar surface area (TPSA) is 36.7 Å². The number of thiazole rings is 1. The van der Waals surface area contributed by atoms with E-state index < -0.39 is 0 Å². The lowest BCUT2D eigenvalue weighted by atomic mass is 10.1. The van der Waals surface area contributed by atoms with Gasteiger partial charge >= 0.3 is 0 Å². The lowest BCUT2D eigenvalue weighted by molar-refractivity contribution is 1.26. The molecule has 0 saturated carbocycles. The fourth-order valence-electron chi connectivity index (χ4n) is 1.85. The summed E-state index contributed by atoms with van der Waals surface area (Å²) in [6.45, 7) is 0. The molecule has 0 aliphatic rings. The van der Waals surface area contributed by atoms with Gasteiger partial charge in [0, 0.05) is 5.56 Å². The zero-order chi connectivity index (χ0) is 12.4. The van der Waals surface area contributed by atoms with Gasteiger partial charge in [-0.3, -0.25) is 0 Å². The maximum atomic E-state index is 8.64. The van der Waals surface area contributed by atoms with Crippen molar-refractivity contribution in [3.8, 4) is 16.6 Å². The molecule has 0 N–H and O–H groups in total. The summed E-state index contributed by atoms with van der Waals surface area (Å²) in [5.74, 6) is 0. The van der Waals surface area contributed by atoms with E-state index in [1.165, 1.54) is 4.70 Å². The molecule has 0 aliphatic carbocycles. The van der Waals surface area contributed by atoms with Gasteiger partial charge in [0.1, 0.15) is 5.01 Å². The lowest BCUT2D eigenvalue weighted by Crippen LogP contribution is -1.81. The molecule has 2 aromatic carbocycles. The Kier molecular flexibility index (Phi) is 2.79. The molecule has 0 unspecified atom stereocenters. The molecule has 0 bridgehead atoms. The maximum absolute atomic E-state index is 8.64. The number of nitrogens with zero attached hydrogens (tertiary/aromatic N) is 2. The Morgan fingerprint density at radius 3 is 2.56 bits per heavy atom. The van der Waals surface area contributed by atoms with E-state index in [0.29, 0.717) is 6.42 Å². The Morgan fingerprint density at radius 2 is 1.83 bits per heavy atom. The zero-order valence-electron chi connectivity index (χ0n) is 9.63. The first-order valence-corrected chi connectivity index (χ1v) is 6.50. The summed E-state index contributed by atoms with van der Waals surface area (Å²) in [6, 6.07) is 18.3. The first kappa shape index (κ1) is 10.9. The van der Waals surface area contributed by atoms with Gasteiger partial charge in [-0.15, -0.1) is 11.3 Å². The molecule has 0 saturated heterocycles. The molecule has 0 spiro atoms. The number of aromatic nitrogens is 1. The number of benzene rings is 2. The largest absolute Gasteiger partial charge is 0.236 e. The van der Waals surface area contributed by atoms with Gasteiger partial charge in [0.25, 0.3) is 0 Å². The molecule has 2 nitrogen and oxygen atoms in total. The minimum atomic E-state index is 0.458. The molecule has 0 fully saturated rings. The third-order valence-corrected chi connectivity index (χ3v) is 3.86. The summed E-state index contributed by atoms with van der Waals surface area (Å²) in [7, 11) is 0.